The van der Waals surface area contributed by atoms with Gasteiger partial charge in [-0.25, -0.2) is 4.39 Å². The smallest absolute Gasteiger partial charge is 0.310 e. The molecule has 1 aromatic rings. The van der Waals surface area contributed by atoms with Crippen molar-refractivity contribution >= 4 is 5.97 Å². The number of nitrogens with zero attached hydrogens (tertiary/aromatic N) is 1. The average Bonchev–Trinajstić information content (AvgIpc) is 2.86. The van der Waals surface area contributed by atoms with Gasteiger partial charge in [0.25, 0.3) is 0 Å². The van der Waals surface area contributed by atoms with Gasteiger partial charge in [-0.1, -0.05) is 13.3 Å². The molecule has 0 aliphatic carbocycles. The number of halogens is 1. The van der Waals surface area contributed by atoms with Gasteiger partial charge in [-0.3, -0.25) is 9.69 Å². The third-order valence-electron chi connectivity index (χ3n) is 4.10. The Labute approximate surface area is 124 Å². The van der Waals surface area contributed by atoms with Crippen LogP contribution in [0.3, 0.4) is 0 Å². The molecular weight excluding hydrogens is 273 g/mol. The van der Waals surface area contributed by atoms with Crippen LogP contribution in [0.2, 0.25) is 0 Å². The molecular formula is C16H22FNO3. The van der Waals surface area contributed by atoms with Gasteiger partial charge in [0.1, 0.15) is 18.2 Å². The Morgan fingerprint density at radius 2 is 2.14 bits per heavy atom. The third kappa shape index (κ3) is 3.94. The molecule has 1 N–H and O–H groups in total. The molecule has 1 aliphatic heterocycles. The van der Waals surface area contributed by atoms with E-state index >= 15 is 0 Å². The standard InChI is InChI=1S/C16H22FNO3/c1-2-7-16(15(19)20)8-9-18(12-16)10-11-21-14-5-3-13(17)4-6-14/h3-6H,2,7-12H2,1H3,(H,19,20). The fourth-order valence-electron chi connectivity index (χ4n) is 2.94. The molecule has 116 valence electrons. The molecule has 0 amide bonds. The summed E-state index contributed by atoms with van der Waals surface area (Å²) in [5, 5.41) is 9.45. The van der Waals surface area contributed by atoms with Gasteiger partial charge in [-0.15, -0.1) is 0 Å². The predicted octanol–water partition coefficient (Wildman–Crippen LogP) is 2.78. The third-order valence-corrected chi connectivity index (χ3v) is 4.10. The van der Waals surface area contributed by atoms with E-state index in [9.17, 15) is 14.3 Å². The lowest BCUT2D eigenvalue weighted by Gasteiger charge is -2.24. The van der Waals surface area contributed by atoms with Crippen molar-refractivity contribution < 1.29 is 19.0 Å². The molecule has 1 saturated heterocycles. The van der Waals surface area contributed by atoms with Gasteiger partial charge in [0.05, 0.1) is 5.41 Å². The molecule has 0 radical (unpaired) electrons. The van der Waals surface area contributed by atoms with Crippen molar-refractivity contribution in [2.24, 2.45) is 5.41 Å². The maximum Gasteiger partial charge on any atom is 0.310 e. The summed E-state index contributed by atoms with van der Waals surface area (Å²) in [5.41, 5.74) is -0.593. The summed E-state index contributed by atoms with van der Waals surface area (Å²) >= 11 is 0. The van der Waals surface area contributed by atoms with Crippen LogP contribution in [-0.2, 0) is 4.79 Å². The molecule has 1 aliphatic rings. The number of benzene rings is 1. The van der Waals surface area contributed by atoms with E-state index in [1.54, 1.807) is 12.1 Å². The van der Waals surface area contributed by atoms with Crippen LogP contribution in [0, 0.1) is 11.2 Å². The minimum absolute atomic E-state index is 0.285. The quantitative estimate of drug-likeness (QED) is 0.840. The molecule has 0 bridgehead atoms. The number of likely N-dealkylation sites (tertiary alicyclic amines) is 1. The number of aliphatic carboxylic acids is 1. The zero-order valence-corrected chi connectivity index (χ0v) is 12.3. The summed E-state index contributed by atoms with van der Waals surface area (Å²) in [7, 11) is 0. The van der Waals surface area contributed by atoms with Crippen LogP contribution in [0.15, 0.2) is 24.3 Å². The Bertz CT molecular complexity index is 477. The van der Waals surface area contributed by atoms with Gasteiger partial charge in [-0.2, -0.15) is 0 Å². The second kappa shape index (κ2) is 6.89. The number of hydrogen-bond donors (Lipinski definition) is 1. The van der Waals surface area contributed by atoms with Gasteiger partial charge < -0.3 is 9.84 Å². The number of rotatable bonds is 7. The van der Waals surface area contributed by atoms with Crippen molar-refractivity contribution in [1.82, 2.24) is 4.90 Å². The van der Waals surface area contributed by atoms with Crippen molar-refractivity contribution in [3.8, 4) is 5.75 Å². The topological polar surface area (TPSA) is 49.8 Å². The highest BCUT2D eigenvalue weighted by Crippen LogP contribution is 2.35. The van der Waals surface area contributed by atoms with E-state index in [0.717, 1.165) is 19.4 Å². The number of ether oxygens (including phenoxy) is 1. The zero-order chi connectivity index (χ0) is 15.3. The molecule has 1 heterocycles. The lowest BCUT2D eigenvalue weighted by molar-refractivity contribution is -0.148. The molecule has 1 fully saturated rings. The van der Waals surface area contributed by atoms with Gasteiger partial charge in [0.2, 0.25) is 0 Å². The summed E-state index contributed by atoms with van der Waals surface area (Å²) < 4.78 is 18.3. The van der Waals surface area contributed by atoms with Crippen LogP contribution in [0.25, 0.3) is 0 Å². The van der Waals surface area contributed by atoms with Crippen LogP contribution in [0.5, 0.6) is 5.75 Å². The SMILES string of the molecule is CCCC1(C(=O)O)CCN(CCOc2ccc(F)cc2)C1. The predicted molar refractivity (Wildman–Crippen MR) is 77.9 cm³/mol. The number of carboxylic acid groups (broad SMARTS) is 1. The van der Waals surface area contributed by atoms with Crippen LogP contribution in [0.1, 0.15) is 26.2 Å². The Kier molecular flexibility index (Phi) is 5.17. The van der Waals surface area contributed by atoms with Gasteiger partial charge in [0.15, 0.2) is 0 Å². The van der Waals surface area contributed by atoms with E-state index in [0.29, 0.717) is 31.9 Å². The Morgan fingerprint density at radius 3 is 2.76 bits per heavy atom. The van der Waals surface area contributed by atoms with Crippen LogP contribution >= 0.6 is 0 Å². The first kappa shape index (κ1) is 15.8. The second-order valence-corrected chi connectivity index (χ2v) is 5.66. The van der Waals surface area contributed by atoms with Crippen molar-refractivity contribution in [3.63, 3.8) is 0 Å². The van der Waals surface area contributed by atoms with E-state index in [-0.39, 0.29) is 5.82 Å². The Hall–Kier alpha value is -1.62. The van der Waals surface area contributed by atoms with Crippen LogP contribution in [-0.4, -0.2) is 42.2 Å². The van der Waals surface area contributed by atoms with E-state index in [1.165, 1.54) is 12.1 Å². The molecule has 0 aromatic heterocycles. The molecule has 0 spiro atoms. The molecule has 1 unspecified atom stereocenters. The number of carbonyl (C=O) groups is 1. The first-order valence-electron chi connectivity index (χ1n) is 7.40. The molecule has 5 heteroatoms. The fourth-order valence-corrected chi connectivity index (χ4v) is 2.94. The molecule has 21 heavy (non-hydrogen) atoms. The molecule has 0 saturated carbocycles. The highest BCUT2D eigenvalue weighted by Gasteiger charge is 2.43. The summed E-state index contributed by atoms with van der Waals surface area (Å²) in [4.78, 5) is 13.6. The molecule has 1 aromatic carbocycles. The number of carboxylic acids is 1. The van der Waals surface area contributed by atoms with E-state index < -0.39 is 11.4 Å². The van der Waals surface area contributed by atoms with Crippen molar-refractivity contribution in [2.75, 3.05) is 26.2 Å². The monoisotopic (exact) mass is 295 g/mol. The zero-order valence-electron chi connectivity index (χ0n) is 12.3. The first-order chi connectivity index (χ1) is 10.1. The van der Waals surface area contributed by atoms with Crippen LogP contribution in [0.4, 0.5) is 4.39 Å². The maximum absolute atomic E-state index is 12.8. The minimum Gasteiger partial charge on any atom is -0.492 e. The van der Waals surface area contributed by atoms with Crippen molar-refractivity contribution in [2.45, 2.75) is 26.2 Å². The van der Waals surface area contributed by atoms with Gasteiger partial charge >= 0.3 is 5.97 Å². The Morgan fingerprint density at radius 1 is 1.43 bits per heavy atom. The summed E-state index contributed by atoms with van der Waals surface area (Å²) in [6, 6.07) is 5.92. The lowest BCUT2D eigenvalue weighted by atomic mass is 9.83. The van der Waals surface area contributed by atoms with E-state index in [4.69, 9.17) is 4.74 Å². The Balaban J connectivity index is 1.80. The summed E-state index contributed by atoms with van der Waals surface area (Å²) in [6.07, 6.45) is 2.30. The molecule has 1 atom stereocenters. The molecule has 4 nitrogen and oxygen atoms in total. The average molecular weight is 295 g/mol. The lowest BCUT2D eigenvalue weighted by Crippen LogP contribution is -2.35. The summed E-state index contributed by atoms with van der Waals surface area (Å²) in [5.74, 6) is -0.340. The van der Waals surface area contributed by atoms with Gasteiger partial charge in [-0.05, 0) is 43.7 Å². The van der Waals surface area contributed by atoms with E-state index in [2.05, 4.69) is 4.90 Å². The highest BCUT2D eigenvalue weighted by molar-refractivity contribution is 5.75. The fraction of sp³-hybridized carbons (Fsp3) is 0.562. The largest absolute Gasteiger partial charge is 0.492 e. The second-order valence-electron chi connectivity index (χ2n) is 5.66. The van der Waals surface area contributed by atoms with Crippen LogP contribution < -0.4 is 4.74 Å². The number of hydrogen-bond acceptors (Lipinski definition) is 3. The normalized spacial score (nSPS) is 22.4. The van der Waals surface area contributed by atoms with Crippen molar-refractivity contribution in [1.29, 1.82) is 0 Å². The van der Waals surface area contributed by atoms with Gasteiger partial charge in [0, 0.05) is 13.1 Å². The minimum atomic E-state index is -0.689. The highest BCUT2D eigenvalue weighted by atomic mass is 19.1. The first-order valence-corrected chi connectivity index (χ1v) is 7.40. The molecule has 2 rings (SSSR count). The van der Waals surface area contributed by atoms with E-state index in [1.807, 2.05) is 6.92 Å². The maximum atomic E-state index is 12.8. The van der Waals surface area contributed by atoms with Crippen molar-refractivity contribution in [3.05, 3.63) is 30.1 Å². The summed E-state index contributed by atoms with van der Waals surface area (Å²) in [6.45, 7) is 4.57.